The number of nitrogen functional groups attached to an aromatic ring is 1. The lowest BCUT2D eigenvalue weighted by atomic mass is 10.1. The van der Waals surface area contributed by atoms with E-state index in [-0.39, 0.29) is 0 Å². The number of nitrogens with two attached hydrogens (primary N) is 1. The highest BCUT2D eigenvalue weighted by Crippen LogP contribution is 2.30. The van der Waals surface area contributed by atoms with Gasteiger partial charge in [-0.3, -0.25) is 0 Å². The summed E-state index contributed by atoms with van der Waals surface area (Å²) in [5, 5.41) is 2.21. The lowest BCUT2D eigenvalue weighted by molar-refractivity contribution is 0.319. The molecule has 0 aliphatic rings. The molecule has 78 valence electrons. The van der Waals surface area contributed by atoms with E-state index in [0.29, 0.717) is 6.61 Å². The van der Waals surface area contributed by atoms with Gasteiger partial charge in [-0.05, 0) is 17.9 Å². The third kappa shape index (κ3) is 1.89. The van der Waals surface area contributed by atoms with Crippen LogP contribution in [0, 0.1) is 0 Å². The Kier molecular flexibility index (Phi) is 2.77. The predicted octanol–water partition coefficient (Wildman–Crippen LogP) is 3.21. The second-order valence-corrected chi connectivity index (χ2v) is 3.55. The van der Waals surface area contributed by atoms with Crippen LogP contribution in [0.4, 0.5) is 5.69 Å². The molecule has 2 nitrogen and oxygen atoms in total. The van der Waals surface area contributed by atoms with Crippen LogP contribution in [0.5, 0.6) is 5.75 Å². The molecular formula is C13H15NO. The van der Waals surface area contributed by atoms with Crippen molar-refractivity contribution < 1.29 is 4.74 Å². The zero-order chi connectivity index (χ0) is 10.7. The fourth-order valence-corrected chi connectivity index (χ4v) is 1.61. The molecule has 0 atom stereocenters. The van der Waals surface area contributed by atoms with E-state index in [1.807, 2.05) is 30.3 Å². The molecule has 0 radical (unpaired) electrons. The van der Waals surface area contributed by atoms with E-state index in [0.717, 1.165) is 28.6 Å². The van der Waals surface area contributed by atoms with Gasteiger partial charge in [-0.2, -0.15) is 0 Å². The third-order valence-electron chi connectivity index (χ3n) is 2.39. The maximum atomic E-state index is 6.03. The first-order valence-electron chi connectivity index (χ1n) is 5.23. The largest absolute Gasteiger partial charge is 0.491 e. The van der Waals surface area contributed by atoms with Crippen LogP contribution in [0.1, 0.15) is 13.3 Å². The molecule has 15 heavy (non-hydrogen) atoms. The summed E-state index contributed by atoms with van der Waals surface area (Å²) in [4.78, 5) is 0. The Balaban J connectivity index is 2.45. The van der Waals surface area contributed by atoms with Crippen molar-refractivity contribution in [1.82, 2.24) is 0 Å². The smallest absolute Gasteiger partial charge is 0.142 e. The van der Waals surface area contributed by atoms with Crippen molar-refractivity contribution in [3.05, 3.63) is 36.4 Å². The molecule has 0 aliphatic heterocycles. The summed E-state index contributed by atoms with van der Waals surface area (Å²) in [6, 6.07) is 12.0. The number of hydrogen-bond donors (Lipinski definition) is 1. The lowest BCUT2D eigenvalue weighted by Gasteiger charge is -2.10. The fourth-order valence-electron chi connectivity index (χ4n) is 1.61. The zero-order valence-corrected chi connectivity index (χ0v) is 8.86. The highest BCUT2D eigenvalue weighted by Gasteiger charge is 2.03. The quantitative estimate of drug-likeness (QED) is 0.774. The number of benzene rings is 2. The highest BCUT2D eigenvalue weighted by atomic mass is 16.5. The monoisotopic (exact) mass is 201 g/mol. The van der Waals surface area contributed by atoms with Crippen LogP contribution in [0.15, 0.2) is 36.4 Å². The molecule has 0 fully saturated rings. The van der Waals surface area contributed by atoms with Crippen LogP contribution < -0.4 is 10.5 Å². The molecule has 0 amide bonds. The van der Waals surface area contributed by atoms with Gasteiger partial charge in [0.05, 0.1) is 12.3 Å². The standard InChI is InChI=1S/C13H15NO/c1-2-9-15-12-8-7-10-5-3-4-6-11(10)13(12)14/h3-8H,2,9,14H2,1H3. The van der Waals surface area contributed by atoms with E-state index in [1.165, 1.54) is 0 Å². The summed E-state index contributed by atoms with van der Waals surface area (Å²) in [6.07, 6.45) is 0.992. The minimum atomic E-state index is 0.711. The van der Waals surface area contributed by atoms with E-state index in [2.05, 4.69) is 13.0 Å². The van der Waals surface area contributed by atoms with Gasteiger partial charge < -0.3 is 10.5 Å². The van der Waals surface area contributed by atoms with Gasteiger partial charge in [-0.1, -0.05) is 37.3 Å². The summed E-state index contributed by atoms with van der Waals surface area (Å²) in [7, 11) is 0. The molecule has 2 N–H and O–H groups in total. The van der Waals surface area contributed by atoms with Crippen molar-refractivity contribution in [1.29, 1.82) is 0 Å². The molecule has 0 saturated carbocycles. The van der Waals surface area contributed by atoms with Crippen molar-refractivity contribution in [2.75, 3.05) is 12.3 Å². The van der Waals surface area contributed by atoms with Gasteiger partial charge in [0.25, 0.3) is 0 Å². The van der Waals surface area contributed by atoms with Gasteiger partial charge in [-0.25, -0.2) is 0 Å². The first kappa shape index (κ1) is 9.84. The number of fused-ring (bicyclic) bond motifs is 1. The zero-order valence-electron chi connectivity index (χ0n) is 8.86. The Morgan fingerprint density at radius 3 is 2.73 bits per heavy atom. The van der Waals surface area contributed by atoms with Crippen molar-refractivity contribution >= 4 is 16.5 Å². The van der Waals surface area contributed by atoms with Gasteiger partial charge in [0.1, 0.15) is 5.75 Å². The first-order valence-corrected chi connectivity index (χ1v) is 5.23. The maximum Gasteiger partial charge on any atom is 0.142 e. The maximum absolute atomic E-state index is 6.03. The van der Waals surface area contributed by atoms with E-state index in [9.17, 15) is 0 Å². The SMILES string of the molecule is CCCOc1ccc2ccccc2c1N. The van der Waals surface area contributed by atoms with Crippen LogP contribution in [-0.2, 0) is 0 Å². The summed E-state index contributed by atoms with van der Waals surface area (Å²) in [6.45, 7) is 2.79. The molecule has 2 heteroatoms. The van der Waals surface area contributed by atoms with Gasteiger partial charge in [0, 0.05) is 5.39 Å². The van der Waals surface area contributed by atoms with E-state index < -0.39 is 0 Å². The Hall–Kier alpha value is -1.70. The van der Waals surface area contributed by atoms with Gasteiger partial charge in [-0.15, -0.1) is 0 Å². The molecule has 2 aromatic carbocycles. The number of rotatable bonds is 3. The van der Waals surface area contributed by atoms with Crippen molar-refractivity contribution in [2.45, 2.75) is 13.3 Å². The minimum Gasteiger partial charge on any atom is -0.491 e. The van der Waals surface area contributed by atoms with Crippen LogP contribution in [-0.4, -0.2) is 6.61 Å². The number of anilines is 1. The average Bonchev–Trinajstić information content (AvgIpc) is 2.29. The van der Waals surface area contributed by atoms with Crippen LogP contribution in [0.3, 0.4) is 0 Å². The first-order chi connectivity index (χ1) is 7.33. The molecule has 0 aromatic heterocycles. The highest BCUT2D eigenvalue weighted by molar-refractivity contribution is 5.95. The molecule has 0 spiro atoms. The topological polar surface area (TPSA) is 35.2 Å². The molecule has 2 aromatic rings. The molecule has 2 rings (SSSR count). The molecule has 0 saturated heterocycles. The van der Waals surface area contributed by atoms with Crippen molar-refractivity contribution in [2.24, 2.45) is 0 Å². The van der Waals surface area contributed by atoms with Crippen LogP contribution in [0.25, 0.3) is 10.8 Å². The average molecular weight is 201 g/mol. The van der Waals surface area contributed by atoms with E-state index in [4.69, 9.17) is 10.5 Å². The van der Waals surface area contributed by atoms with Crippen LogP contribution >= 0.6 is 0 Å². The van der Waals surface area contributed by atoms with Crippen LogP contribution in [0.2, 0.25) is 0 Å². The fraction of sp³-hybridized carbons (Fsp3) is 0.231. The second-order valence-electron chi connectivity index (χ2n) is 3.55. The Bertz CT molecular complexity index is 465. The summed E-state index contributed by atoms with van der Waals surface area (Å²) in [5.41, 5.74) is 6.77. The summed E-state index contributed by atoms with van der Waals surface area (Å²) < 4.78 is 5.57. The van der Waals surface area contributed by atoms with Gasteiger partial charge in [0.2, 0.25) is 0 Å². The summed E-state index contributed by atoms with van der Waals surface area (Å²) >= 11 is 0. The van der Waals surface area contributed by atoms with E-state index in [1.54, 1.807) is 0 Å². The van der Waals surface area contributed by atoms with Gasteiger partial charge >= 0.3 is 0 Å². The Morgan fingerprint density at radius 1 is 1.13 bits per heavy atom. The molecule has 0 heterocycles. The molecule has 0 bridgehead atoms. The number of hydrogen-bond acceptors (Lipinski definition) is 2. The normalized spacial score (nSPS) is 10.5. The molecular weight excluding hydrogens is 186 g/mol. The minimum absolute atomic E-state index is 0.711. The Morgan fingerprint density at radius 2 is 1.93 bits per heavy atom. The number of ether oxygens (including phenoxy) is 1. The Labute approximate surface area is 89.7 Å². The van der Waals surface area contributed by atoms with Crippen molar-refractivity contribution in [3.63, 3.8) is 0 Å². The predicted molar refractivity (Wildman–Crippen MR) is 64.1 cm³/mol. The second kappa shape index (κ2) is 4.22. The van der Waals surface area contributed by atoms with E-state index >= 15 is 0 Å². The lowest BCUT2D eigenvalue weighted by Crippen LogP contribution is -1.99. The third-order valence-corrected chi connectivity index (χ3v) is 2.39. The van der Waals surface area contributed by atoms with Gasteiger partial charge in [0.15, 0.2) is 0 Å². The molecule has 0 aliphatic carbocycles. The molecule has 0 unspecified atom stereocenters. The summed E-state index contributed by atoms with van der Waals surface area (Å²) in [5.74, 6) is 0.788. The van der Waals surface area contributed by atoms with Crippen molar-refractivity contribution in [3.8, 4) is 5.75 Å².